The van der Waals surface area contributed by atoms with Gasteiger partial charge in [0.15, 0.2) is 0 Å². The van der Waals surface area contributed by atoms with Gasteiger partial charge in [-0.15, -0.1) is 0 Å². The topological polar surface area (TPSA) is 41.1 Å². The molecule has 0 heterocycles. The van der Waals surface area contributed by atoms with Gasteiger partial charge in [0.2, 0.25) is 5.91 Å². The van der Waals surface area contributed by atoms with E-state index in [1.54, 1.807) is 7.05 Å². The minimum absolute atomic E-state index is 0.0387. The summed E-state index contributed by atoms with van der Waals surface area (Å²) in [6.45, 7) is 8.85. The summed E-state index contributed by atoms with van der Waals surface area (Å²) in [4.78, 5) is 12.1. The van der Waals surface area contributed by atoms with E-state index in [0.29, 0.717) is 12.0 Å². The van der Waals surface area contributed by atoms with Crippen LogP contribution in [0.5, 0.6) is 0 Å². The summed E-state index contributed by atoms with van der Waals surface area (Å²) in [7, 11) is 1.74. The average molecular weight is 299 g/mol. The van der Waals surface area contributed by atoms with Gasteiger partial charge in [-0.3, -0.25) is 4.79 Å². The van der Waals surface area contributed by atoms with Crippen LogP contribution in [0, 0.1) is 5.92 Å². The lowest BCUT2D eigenvalue weighted by molar-refractivity contribution is -0.123. The first-order valence-electron chi connectivity index (χ1n) is 9.02. The summed E-state index contributed by atoms with van der Waals surface area (Å²) < 4.78 is 0. The Morgan fingerprint density at radius 1 is 0.952 bits per heavy atom. The predicted octanol–water partition coefficient (Wildman–Crippen LogP) is 4.27. The monoisotopic (exact) mass is 298 g/mol. The van der Waals surface area contributed by atoms with Crippen molar-refractivity contribution in [2.45, 2.75) is 97.6 Å². The van der Waals surface area contributed by atoms with Crippen LogP contribution in [0.1, 0.15) is 85.5 Å². The van der Waals surface area contributed by atoms with Crippen molar-refractivity contribution >= 4 is 5.91 Å². The van der Waals surface area contributed by atoms with Crippen molar-refractivity contribution in [1.82, 2.24) is 10.6 Å². The van der Waals surface area contributed by atoms with Crippen molar-refractivity contribution in [2.24, 2.45) is 5.92 Å². The molecule has 126 valence electrons. The molecule has 21 heavy (non-hydrogen) atoms. The molecular formula is C18H38N2O. The fraction of sp³-hybridized carbons (Fsp3) is 0.944. The van der Waals surface area contributed by atoms with Crippen molar-refractivity contribution in [3.63, 3.8) is 0 Å². The largest absolute Gasteiger partial charge is 0.358 e. The number of rotatable bonds is 13. The van der Waals surface area contributed by atoms with Gasteiger partial charge in [-0.25, -0.2) is 0 Å². The van der Waals surface area contributed by atoms with E-state index in [0.717, 1.165) is 6.42 Å². The van der Waals surface area contributed by atoms with E-state index in [2.05, 4.69) is 38.3 Å². The summed E-state index contributed by atoms with van der Waals surface area (Å²) in [6.07, 6.45) is 10.9. The molecule has 3 heteroatoms. The van der Waals surface area contributed by atoms with Crippen LogP contribution in [-0.2, 0) is 4.79 Å². The second-order valence-corrected chi connectivity index (χ2v) is 6.65. The molecule has 1 amide bonds. The van der Waals surface area contributed by atoms with Gasteiger partial charge < -0.3 is 10.6 Å². The van der Waals surface area contributed by atoms with Crippen LogP contribution in [0.3, 0.4) is 0 Å². The molecule has 0 spiro atoms. The number of unbranched alkanes of at least 4 members (excludes halogenated alkanes) is 4. The third-order valence-electron chi connectivity index (χ3n) is 4.02. The maximum absolute atomic E-state index is 12.1. The maximum Gasteiger partial charge on any atom is 0.236 e. The Morgan fingerprint density at radius 2 is 1.48 bits per heavy atom. The molecule has 0 radical (unpaired) electrons. The quantitative estimate of drug-likeness (QED) is 0.499. The van der Waals surface area contributed by atoms with Gasteiger partial charge >= 0.3 is 0 Å². The zero-order chi connectivity index (χ0) is 16.1. The Morgan fingerprint density at radius 3 is 1.86 bits per heavy atom. The molecule has 0 aliphatic heterocycles. The van der Waals surface area contributed by atoms with Gasteiger partial charge in [0.05, 0.1) is 6.04 Å². The van der Waals surface area contributed by atoms with E-state index in [4.69, 9.17) is 0 Å². The summed E-state index contributed by atoms with van der Waals surface area (Å²) in [6, 6.07) is 0.451. The summed E-state index contributed by atoms with van der Waals surface area (Å²) in [5.41, 5.74) is 0. The van der Waals surface area contributed by atoms with Crippen molar-refractivity contribution in [3.8, 4) is 0 Å². The molecule has 2 N–H and O–H groups in total. The van der Waals surface area contributed by atoms with E-state index in [1.807, 2.05) is 0 Å². The van der Waals surface area contributed by atoms with Crippen LogP contribution >= 0.6 is 0 Å². The van der Waals surface area contributed by atoms with E-state index >= 15 is 0 Å². The Kier molecular flexibility index (Phi) is 12.8. The van der Waals surface area contributed by atoms with Gasteiger partial charge in [0.1, 0.15) is 0 Å². The first-order valence-corrected chi connectivity index (χ1v) is 9.02. The number of likely N-dealkylation sites (N-methyl/N-ethyl adjacent to an activating group) is 1. The smallest absolute Gasteiger partial charge is 0.236 e. The number of amides is 1. The molecule has 0 fully saturated rings. The normalized spacial score (nSPS) is 12.9. The highest BCUT2D eigenvalue weighted by Crippen LogP contribution is 2.14. The van der Waals surface area contributed by atoms with E-state index in [9.17, 15) is 4.79 Å². The first-order chi connectivity index (χ1) is 10.0. The van der Waals surface area contributed by atoms with Gasteiger partial charge in [-0.2, -0.15) is 0 Å². The van der Waals surface area contributed by atoms with Crippen molar-refractivity contribution in [2.75, 3.05) is 7.05 Å². The molecule has 0 aliphatic carbocycles. The van der Waals surface area contributed by atoms with Crippen molar-refractivity contribution in [1.29, 1.82) is 0 Å². The molecule has 0 aromatic carbocycles. The standard InChI is InChI=1S/C18H38N2O/c1-6-8-10-12-16(13-11-9-7-2)20-17(14-15(3)4)18(21)19-5/h15-17,20H,6-14H2,1-5H3,(H,19,21). The zero-order valence-corrected chi connectivity index (χ0v) is 15.0. The third kappa shape index (κ3) is 10.8. The minimum Gasteiger partial charge on any atom is -0.358 e. The van der Waals surface area contributed by atoms with E-state index in [1.165, 1.54) is 51.4 Å². The molecule has 0 rings (SSSR count). The second kappa shape index (κ2) is 13.1. The fourth-order valence-electron chi connectivity index (χ4n) is 2.77. The van der Waals surface area contributed by atoms with Gasteiger partial charge in [-0.05, 0) is 25.2 Å². The Hall–Kier alpha value is -0.570. The average Bonchev–Trinajstić information content (AvgIpc) is 2.45. The minimum atomic E-state index is -0.0387. The molecular weight excluding hydrogens is 260 g/mol. The highest BCUT2D eigenvalue weighted by Gasteiger charge is 2.21. The van der Waals surface area contributed by atoms with Gasteiger partial charge in [-0.1, -0.05) is 66.2 Å². The highest BCUT2D eigenvalue weighted by atomic mass is 16.2. The zero-order valence-electron chi connectivity index (χ0n) is 15.0. The maximum atomic E-state index is 12.1. The summed E-state index contributed by atoms with van der Waals surface area (Å²) in [5, 5.41) is 6.45. The first kappa shape index (κ1) is 20.4. The lowest BCUT2D eigenvalue weighted by atomic mass is 9.98. The SMILES string of the molecule is CCCCCC(CCCCC)NC(CC(C)C)C(=O)NC. The van der Waals surface area contributed by atoms with Gasteiger partial charge in [0.25, 0.3) is 0 Å². The van der Waals surface area contributed by atoms with Crippen LogP contribution in [0.15, 0.2) is 0 Å². The molecule has 0 bridgehead atoms. The van der Waals surface area contributed by atoms with Crippen LogP contribution < -0.4 is 10.6 Å². The molecule has 0 aromatic heterocycles. The van der Waals surface area contributed by atoms with Crippen molar-refractivity contribution < 1.29 is 4.79 Å². The Bertz CT molecular complexity index is 244. The molecule has 3 nitrogen and oxygen atoms in total. The molecule has 0 saturated carbocycles. The fourth-order valence-corrected chi connectivity index (χ4v) is 2.77. The molecule has 0 saturated heterocycles. The van der Waals surface area contributed by atoms with Crippen molar-refractivity contribution in [3.05, 3.63) is 0 Å². The lowest BCUT2D eigenvalue weighted by Crippen LogP contribution is -2.48. The summed E-state index contributed by atoms with van der Waals surface area (Å²) >= 11 is 0. The van der Waals surface area contributed by atoms with Crippen LogP contribution in [0.2, 0.25) is 0 Å². The number of hydrogen-bond acceptors (Lipinski definition) is 2. The highest BCUT2D eigenvalue weighted by molar-refractivity contribution is 5.81. The van der Waals surface area contributed by atoms with E-state index in [-0.39, 0.29) is 11.9 Å². The second-order valence-electron chi connectivity index (χ2n) is 6.65. The molecule has 1 unspecified atom stereocenters. The van der Waals surface area contributed by atoms with Crippen LogP contribution in [0.4, 0.5) is 0 Å². The van der Waals surface area contributed by atoms with Crippen LogP contribution in [-0.4, -0.2) is 25.0 Å². The van der Waals surface area contributed by atoms with Crippen LogP contribution in [0.25, 0.3) is 0 Å². The Labute approximate surface area is 132 Å². The third-order valence-corrected chi connectivity index (χ3v) is 4.02. The van der Waals surface area contributed by atoms with Gasteiger partial charge in [0, 0.05) is 13.1 Å². The molecule has 1 atom stereocenters. The summed E-state index contributed by atoms with van der Waals surface area (Å²) in [5.74, 6) is 0.673. The number of carbonyl (C=O) groups excluding carboxylic acids is 1. The molecule has 0 aliphatic rings. The number of carbonyl (C=O) groups is 1. The lowest BCUT2D eigenvalue weighted by Gasteiger charge is -2.26. The number of nitrogens with one attached hydrogen (secondary N) is 2. The molecule has 0 aromatic rings. The number of hydrogen-bond donors (Lipinski definition) is 2. The Balaban J connectivity index is 4.48. The van der Waals surface area contributed by atoms with E-state index < -0.39 is 0 Å². The predicted molar refractivity (Wildman–Crippen MR) is 92.5 cm³/mol.